The molecule has 0 aromatic heterocycles. The molecule has 1 amide bonds. The maximum atomic E-state index is 12.7. The first-order chi connectivity index (χ1) is 13.9. The zero-order valence-electron chi connectivity index (χ0n) is 16.4. The molecule has 1 fully saturated rings. The predicted octanol–water partition coefficient (Wildman–Crippen LogP) is 1.52. The molecule has 0 unspecified atom stereocenters. The average molecular weight is 413 g/mol. The van der Waals surface area contributed by atoms with Crippen LogP contribution in [0.4, 0.5) is 0 Å². The fourth-order valence-corrected chi connectivity index (χ4v) is 4.37. The number of rotatable bonds is 6. The summed E-state index contributed by atoms with van der Waals surface area (Å²) in [5.41, 5.74) is 1.62. The lowest BCUT2D eigenvalue weighted by Gasteiger charge is -2.35. The SMILES string of the molecule is CN(CC(=O)N1CCN(Cc2ccccc2)CC1)S(=O)(=O)c1ccc(C#N)cc1. The van der Waals surface area contributed by atoms with Crippen LogP contribution in [0.2, 0.25) is 0 Å². The van der Waals surface area contributed by atoms with Crippen LogP contribution >= 0.6 is 0 Å². The molecule has 29 heavy (non-hydrogen) atoms. The average Bonchev–Trinajstić information content (AvgIpc) is 2.75. The molecule has 1 saturated heterocycles. The van der Waals surface area contributed by atoms with Gasteiger partial charge in [-0.2, -0.15) is 9.57 Å². The third-order valence-electron chi connectivity index (χ3n) is 5.02. The van der Waals surface area contributed by atoms with Crippen LogP contribution in [0.25, 0.3) is 0 Å². The van der Waals surface area contributed by atoms with Gasteiger partial charge in [0, 0.05) is 39.8 Å². The Morgan fingerprint density at radius 1 is 1.03 bits per heavy atom. The Kier molecular flexibility index (Phi) is 6.64. The third kappa shape index (κ3) is 5.21. The molecule has 1 aliphatic rings. The third-order valence-corrected chi connectivity index (χ3v) is 6.84. The molecule has 2 aromatic rings. The van der Waals surface area contributed by atoms with Crippen molar-refractivity contribution in [2.24, 2.45) is 0 Å². The number of benzene rings is 2. The number of piperazine rings is 1. The van der Waals surface area contributed by atoms with Crippen molar-refractivity contribution in [1.82, 2.24) is 14.1 Å². The lowest BCUT2D eigenvalue weighted by atomic mass is 10.2. The Balaban J connectivity index is 1.54. The van der Waals surface area contributed by atoms with Crippen molar-refractivity contribution in [3.05, 3.63) is 65.7 Å². The van der Waals surface area contributed by atoms with Gasteiger partial charge in [0.15, 0.2) is 0 Å². The van der Waals surface area contributed by atoms with E-state index in [1.165, 1.54) is 36.9 Å². The molecule has 8 heteroatoms. The molecule has 0 saturated carbocycles. The summed E-state index contributed by atoms with van der Waals surface area (Å²) in [5.74, 6) is -0.205. The van der Waals surface area contributed by atoms with E-state index in [1.807, 2.05) is 24.3 Å². The predicted molar refractivity (Wildman–Crippen MR) is 109 cm³/mol. The standard InChI is InChI=1S/C21H24N4O3S/c1-23(29(27,28)20-9-7-18(15-22)8-10-20)17-21(26)25-13-11-24(12-14-25)16-19-5-3-2-4-6-19/h2-10H,11-14,16-17H2,1H3. The molecule has 1 heterocycles. The molecular weight excluding hydrogens is 388 g/mol. The van der Waals surface area contributed by atoms with Gasteiger partial charge in [0.2, 0.25) is 15.9 Å². The largest absolute Gasteiger partial charge is 0.339 e. The summed E-state index contributed by atoms with van der Waals surface area (Å²) in [4.78, 5) is 16.7. The number of hydrogen-bond acceptors (Lipinski definition) is 5. The summed E-state index contributed by atoms with van der Waals surface area (Å²) in [5, 5.41) is 8.84. The first-order valence-electron chi connectivity index (χ1n) is 9.41. The fourth-order valence-electron chi connectivity index (χ4n) is 3.25. The van der Waals surface area contributed by atoms with E-state index in [0.29, 0.717) is 18.7 Å². The molecule has 152 valence electrons. The van der Waals surface area contributed by atoms with Gasteiger partial charge in [-0.05, 0) is 29.8 Å². The monoisotopic (exact) mass is 412 g/mol. The van der Waals surface area contributed by atoms with Crippen molar-refractivity contribution in [3.8, 4) is 6.07 Å². The van der Waals surface area contributed by atoms with Crippen molar-refractivity contribution >= 4 is 15.9 Å². The van der Waals surface area contributed by atoms with Crippen LogP contribution in [-0.4, -0.2) is 68.2 Å². The van der Waals surface area contributed by atoms with Crippen molar-refractivity contribution in [2.75, 3.05) is 39.8 Å². The number of nitrogens with zero attached hydrogens (tertiary/aromatic N) is 4. The summed E-state index contributed by atoms with van der Waals surface area (Å²) in [7, 11) is -2.38. The highest BCUT2D eigenvalue weighted by Gasteiger charge is 2.27. The van der Waals surface area contributed by atoms with E-state index in [9.17, 15) is 13.2 Å². The summed E-state index contributed by atoms with van der Waals surface area (Å²) < 4.78 is 26.4. The zero-order valence-corrected chi connectivity index (χ0v) is 17.2. The van der Waals surface area contributed by atoms with Gasteiger partial charge in [0.25, 0.3) is 0 Å². The van der Waals surface area contributed by atoms with Gasteiger partial charge in [0.05, 0.1) is 23.1 Å². The first-order valence-corrected chi connectivity index (χ1v) is 10.8. The van der Waals surface area contributed by atoms with Crippen molar-refractivity contribution in [2.45, 2.75) is 11.4 Å². The highest BCUT2D eigenvalue weighted by atomic mass is 32.2. The van der Waals surface area contributed by atoms with Crippen LogP contribution in [-0.2, 0) is 21.4 Å². The summed E-state index contributed by atoms with van der Waals surface area (Å²) in [6.07, 6.45) is 0. The van der Waals surface area contributed by atoms with Gasteiger partial charge in [0.1, 0.15) is 0 Å². The van der Waals surface area contributed by atoms with E-state index < -0.39 is 10.0 Å². The number of nitriles is 1. The lowest BCUT2D eigenvalue weighted by molar-refractivity contribution is -0.133. The number of amides is 1. The molecule has 0 spiro atoms. The molecule has 7 nitrogen and oxygen atoms in total. The second-order valence-electron chi connectivity index (χ2n) is 7.04. The van der Waals surface area contributed by atoms with Crippen LogP contribution in [0.1, 0.15) is 11.1 Å². The minimum absolute atomic E-state index is 0.0690. The molecule has 0 bridgehead atoms. The number of sulfonamides is 1. The normalized spacial score (nSPS) is 15.3. The van der Waals surface area contributed by atoms with Crippen molar-refractivity contribution < 1.29 is 13.2 Å². The van der Waals surface area contributed by atoms with Gasteiger partial charge in [-0.15, -0.1) is 0 Å². The minimum atomic E-state index is -3.78. The minimum Gasteiger partial charge on any atom is -0.339 e. The summed E-state index contributed by atoms with van der Waals surface area (Å²) >= 11 is 0. The van der Waals surface area contributed by atoms with Crippen molar-refractivity contribution in [3.63, 3.8) is 0 Å². The number of hydrogen-bond donors (Lipinski definition) is 0. The topological polar surface area (TPSA) is 84.7 Å². The molecule has 1 aliphatic heterocycles. The highest BCUT2D eigenvalue weighted by Crippen LogP contribution is 2.16. The first kappa shape index (κ1) is 21.0. The Bertz CT molecular complexity index is 977. The second kappa shape index (κ2) is 9.18. The van der Waals surface area contributed by atoms with Gasteiger partial charge >= 0.3 is 0 Å². The molecule has 0 aliphatic carbocycles. The van der Waals surface area contributed by atoms with Gasteiger partial charge in [-0.3, -0.25) is 9.69 Å². The van der Waals surface area contributed by atoms with Crippen LogP contribution in [0.5, 0.6) is 0 Å². The van der Waals surface area contributed by atoms with Gasteiger partial charge in [-0.25, -0.2) is 8.42 Å². The van der Waals surface area contributed by atoms with E-state index in [4.69, 9.17) is 5.26 Å². The van der Waals surface area contributed by atoms with E-state index in [-0.39, 0.29) is 17.3 Å². The fraction of sp³-hybridized carbons (Fsp3) is 0.333. The zero-order chi connectivity index (χ0) is 20.9. The molecule has 0 atom stereocenters. The number of likely N-dealkylation sites (N-methyl/N-ethyl adjacent to an activating group) is 1. The maximum Gasteiger partial charge on any atom is 0.243 e. The molecular formula is C21H24N4O3S. The smallest absolute Gasteiger partial charge is 0.243 e. The lowest BCUT2D eigenvalue weighted by Crippen LogP contribution is -2.51. The quantitative estimate of drug-likeness (QED) is 0.718. The Morgan fingerprint density at radius 2 is 1.66 bits per heavy atom. The van der Waals surface area contributed by atoms with E-state index in [1.54, 1.807) is 4.90 Å². The van der Waals surface area contributed by atoms with Crippen LogP contribution in [0.3, 0.4) is 0 Å². The molecule has 3 rings (SSSR count). The summed E-state index contributed by atoms with van der Waals surface area (Å²) in [6.45, 7) is 3.31. The Labute approximate surface area is 171 Å². The summed E-state index contributed by atoms with van der Waals surface area (Å²) in [6, 6.07) is 17.8. The number of carbonyl (C=O) groups excluding carboxylic acids is 1. The van der Waals surface area contributed by atoms with Gasteiger partial charge in [-0.1, -0.05) is 30.3 Å². The molecule has 2 aromatic carbocycles. The van der Waals surface area contributed by atoms with E-state index >= 15 is 0 Å². The van der Waals surface area contributed by atoms with Crippen LogP contribution in [0.15, 0.2) is 59.5 Å². The highest BCUT2D eigenvalue weighted by molar-refractivity contribution is 7.89. The molecule has 0 radical (unpaired) electrons. The Morgan fingerprint density at radius 3 is 2.24 bits per heavy atom. The van der Waals surface area contributed by atoms with E-state index in [2.05, 4.69) is 17.0 Å². The second-order valence-corrected chi connectivity index (χ2v) is 9.08. The van der Waals surface area contributed by atoms with E-state index in [0.717, 1.165) is 23.9 Å². The number of carbonyl (C=O) groups is 1. The maximum absolute atomic E-state index is 12.7. The van der Waals surface area contributed by atoms with Crippen LogP contribution < -0.4 is 0 Å². The Hall–Kier alpha value is -2.73. The van der Waals surface area contributed by atoms with Crippen molar-refractivity contribution in [1.29, 1.82) is 5.26 Å². The van der Waals surface area contributed by atoms with Crippen LogP contribution in [0, 0.1) is 11.3 Å². The molecule has 0 N–H and O–H groups in total. The van der Waals surface area contributed by atoms with Gasteiger partial charge < -0.3 is 4.90 Å².